The lowest BCUT2D eigenvalue weighted by molar-refractivity contribution is -0.138. The van der Waals surface area contributed by atoms with Gasteiger partial charge in [-0.15, -0.1) is 0 Å². The van der Waals surface area contributed by atoms with Crippen molar-refractivity contribution >= 4 is 11.8 Å². The van der Waals surface area contributed by atoms with Crippen LogP contribution >= 0.6 is 0 Å². The average molecular weight is 128 g/mol. The molecule has 2 amide bonds. The highest BCUT2D eigenvalue weighted by Gasteiger charge is 2.14. The Hall–Kier alpha value is -1.06. The first-order chi connectivity index (χ1) is 4.30. The van der Waals surface area contributed by atoms with Crippen LogP contribution in [0.15, 0.2) is 0 Å². The second-order valence-electron chi connectivity index (χ2n) is 1.87. The molecule has 9 heavy (non-hydrogen) atoms. The molecule has 0 saturated carbocycles. The minimum Gasteiger partial charge on any atom is -0.348 e. The first-order valence-corrected chi connectivity index (χ1v) is 2.87. The van der Waals surface area contributed by atoms with E-state index in [1.54, 1.807) is 0 Å². The maximum absolute atomic E-state index is 10.5. The number of amides is 2. The van der Waals surface area contributed by atoms with E-state index in [1.807, 2.05) is 0 Å². The summed E-state index contributed by atoms with van der Waals surface area (Å²) >= 11 is 0. The second-order valence-corrected chi connectivity index (χ2v) is 1.87. The summed E-state index contributed by atoms with van der Waals surface area (Å²) in [7, 11) is 0. The Kier molecular flexibility index (Phi) is 1.67. The van der Waals surface area contributed by atoms with E-state index in [2.05, 4.69) is 10.6 Å². The molecule has 1 aliphatic rings. The Morgan fingerprint density at radius 2 is 1.44 bits per heavy atom. The van der Waals surface area contributed by atoms with Crippen LogP contribution in [0.5, 0.6) is 0 Å². The predicted molar refractivity (Wildman–Crippen MR) is 30.6 cm³/mol. The molecule has 4 nitrogen and oxygen atoms in total. The Labute approximate surface area is 52.6 Å². The Morgan fingerprint density at radius 1 is 1.00 bits per heavy atom. The van der Waals surface area contributed by atoms with Crippen molar-refractivity contribution in [1.82, 2.24) is 10.6 Å². The standard InChI is InChI=1S/C5H8N2O2/c8-4-5(9)7-3-1-2-6-4/h1-3H2,(H,6,8)(H,7,9). The average Bonchev–Trinajstić information content (AvgIpc) is 1.99. The van der Waals surface area contributed by atoms with Crippen LogP contribution in [-0.4, -0.2) is 24.9 Å². The van der Waals surface area contributed by atoms with Gasteiger partial charge in [0, 0.05) is 13.1 Å². The highest BCUT2D eigenvalue weighted by Crippen LogP contribution is 1.80. The molecule has 1 fully saturated rings. The largest absolute Gasteiger partial charge is 0.348 e. The molecule has 0 aromatic heterocycles. The lowest BCUT2D eigenvalue weighted by Gasteiger charge is -1.93. The molecule has 50 valence electrons. The number of hydrogen-bond acceptors (Lipinski definition) is 2. The summed E-state index contributed by atoms with van der Waals surface area (Å²) in [5, 5.41) is 4.89. The molecule has 1 saturated heterocycles. The molecule has 0 aliphatic carbocycles. The maximum Gasteiger partial charge on any atom is 0.309 e. The molecule has 1 rings (SSSR count). The van der Waals surface area contributed by atoms with Crippen molar-refractivity contribution in [3.63, 3.8) is 0 Å². The molecule has 0 bridgehead atoms. The van der Waals surface area contributed by atoms with E-state index >= 15 is 0 Å². The van der Waals surface area contributed by atoms with E-state index < -0.39 is 11.8 Å². The third-order valence-electron chi connectivity index (χ3n) is 1.13. The van der Waals surface area contributed by atoms with Crippen molar-refractivity contribution < 1.29 is 9.59 Å². The van der Waals surface area contributed by atoms with Gasteiger partial charge in [0.25, 0.3) is 0 Å². The Balaban J connectivity index is 2.51. The van der Waals surface area contributed by atoms with E-state index in [4.69, 9.17) is 0 Å². The molecule has 2 N–H and O–H groups in total. The van der Waals surface area contributed by atoms with Gasteiger partial charge < -0.3 is 10.6 Å². The van der Waals surface area contributed by atoms with Crippen LogP contribution < -0.4 is 10.6 Å². The summed E-state index contributed by atoms with van der Waals surface area (Å²) in [6.45, 7) is 1.19. The molecule has 0 aromatic rings. The third-order valence-corrected chi connectivity index (χ3v) is 1.13. The molecule has 4 heteroatoms. The normalized spacial score (nSPS) is 20.0. The molecule has 0 spiro atoms. The molecule has 1 aliphatic heterocycles. The van der Waals surface area contributed by atoms with E-state index in [9.17, 15) is 9.59 Å². The zero-order chi connectivity index (χ0) is 6.69. The fourth-order valence-electron chi connectivity index (χ4n) is 0.653. The fraction of sp³-hybridized carbons (Fsp3) is 0.600. The smallest absolute Gasteiger partial charge is 0.309 e. The quantitative estimate of drug-likeness (QED) is 0.395. The van der Waals surface area contributed by atoms with Crippen LogP contribution in [-0.2, 0) is 9.59 Å². The summed E-state index contributed by atoms with van der Waals surface area (Å²) in [4.78, 5) is 21.0. The van der Waals surface area contributed by atoms with Gasteiger partial charge in [-0.3, -0.25) is 9.59 Å². The van der Waals surface area contributed by atoms with Gasteiger partial charge in [-0.1, -0.05) is 0 Å². The van der Waals surface area contributed by atoms with Gasteiger partial charge in [0.2, 0.25) is 0 Å². The summed E-state index contributed by atoms with van der Waals surface area (Å²) in [6.07, 6.45) is 0.817. The number of rotatable bonds is 0. The molecular formula is C5H8N2O2. The molecule has 0 radical (unpaired) electrons. The van der Waals surface area contributed by atoms with Crippen LogP contribution in [0.25, 0.3) is 0 Å². The van der Waals surface area contributed by atoms with Crippen LogP contribution in [0.1, 0.15) is 6.42 Å². The summed E-state index contributed by atoms with van der Waals surface area (Å²) in [6, 6.07) is 0. The number of carbonyl (C=O) groups excluding carboxylic acids is 2. The lowest BCUT2D eigenvalue weighted by Crippen LogP contribution is -2.35. The van der Waals surface area contributed by atoms with Crippen LogP contribution in [0.2, 0.25) is 0 Å². The molecule has 0 unspecified atom stereocenters. The first kappa shape index (κ1) is 6.07. The second kappa shape index (κ2) is 2.48. The Morgan fingerprint density at radius 3 is 1.89 bits per heavy atom. The SMILES string of the molecule is O=C1NCCCNC1=O. The van der Waals surface area contributed by atoms with Crippen molar-refractivity contribution in [3.05, 3.63) is 0 Å². The van der Waals surface area contributed by atoms with E-state index in [0.29, 0.717) is 13.1 Å². The van der Waals surface area contributed by atoms with E-state index in [-0.39, 0.29) is 0 Å². The number of carbonyl (C=O) groups is 2. The topological polar surface area (TPSA) is 58.2 Å². The van der Waals surface area contributed by atoms with Crippen LogP contribution in [0.4, 0.5) is 0 Å². The highest BCUT2D eigenvalue weighted by atomic mass is 16.2. The third kappa shape index (κ3) is 1.42. The maximum atomic E-state index is 10.5. The molecule has 0 aromatic carbocycles. The summed E-state index contributed by atoms with van der Waals surface area (Å²) < 4.78 is 0. The van der Waals surface area contributed by atoms with Crippen LogP contribution in [0.3, 0.4) is 0 Å². The summed E-state index contributed by atoms with van der Waals surface area (Å²) in [5.41, 5.74) is 0. The number of nitrogens with one attached hydrogen (secondary N) is 2. The molecule has 1 heterocycles. The zero-order valence-corrected chi connectivity index (χ0v) is 4.94. The van der Waals surface area contributed by atoms with Gasteiger partial charge in [-0.25, -0.2) is 0 Å². The van der Waals surface area contributed by atoms with Gasteiger partial charge in [-0.05, 0) is 6.42 Å². The van der Waals surface area contributed by atoms with Crippen molar-refractivity contribution in [3.8, 4) is 0 Å². The molecular weight excluding hydrogens is 120 g/mol. The van der Waals surface area contributed by atoms with Crippen LogP contribution in [0, 0.1) is 0 Å². The monoisotopic (exact) mass is 128 g/mol. The van der Waals surface area contributed by atoms with E-state index in [0.717, 1.165) is 6.42 Å². The van der Waals surface area contributed by atoms with Gasteiger partial charge in [0.05, 0.1) is 0 Å². The predicted octanol–water partition coefficient (Wildman–Crippen LogP) is -1.38. The fourth-order valence-corrected chi connectivity index (χ4v) is 0.653. The molecule has 0 atom stereocenters. The van der Waals surface area contributed by atoms with Gasteiger partial charge in [-0.2, -0.15) is 0 Å². The van der Waals surface area contributed by atoms with Gasteiger partial charge >= 0.3 is 11.8 Å². The van der Waals surface area contributed by atoms with Crippen molar-refractivity contribution in [2.45, 2.75) is 6.42 Å². The van der Waals surface area contributed by atoms with Crippen molar-refractivity contribution in [2.75, 3.05) is 13.1 Å². The highest BCUT2D eigenvalue weighted by molar-refractivity contribution is 6.35. The Bertz CT molecular complexity index is 128. The van der Waals surface area contributed by atoms with Gasteiger partial charge in [0.1, 0.15) is 0 Å². The lowest BCUT2D eigenvalue weighted by atomic mass is 10.4. The summed E-state index contributed by atoms with van der Waals surface area (Å²) in [5.74, 6) is -1.04. The first-order valence-electron chi connectivity index (χ1n) is 2.87. The van der Waals surface area contributed by atoms with Crippen molar-refractivity contribution in [1.29, 1.82) is 0 Å². The zero-order valence-electron chi connectivity index (χ0n) is 4.94. The number of hydrogen-bond donors (Lipinski definition) is 2. The minimum atomic E-state index is -0.521. The van der Waals surface area contributed by atoms with E-state index in [1.165, 1.54) is 0 Å². The van der Waals surface area contributed by atoms with Gasteiger partial charge in [0.15, 0.2) is 0 Å². The minimum absolute atomic E-state index is 0.521. The van der Waals surface area contributed by atoms with Crippen molar-refractivity contribution in [2.24, 2.45) is 0 Å².